The number of methoxy groups -OCH3 is 1. The summed E-state index contributed by atoms with van der Waals surface area (Å²) in [5, 5.41) is 14.6. The lowest BCUT2D eigenvalue weighted by atomic mass is 10.2. The van der Waals surface area contributed by atoms with Crippen LogP contribution in [0, 0.1) is 3.57 Å². The number of amides is 4. The summed E-state index contributed by atoms with van der Waals surface area (Å²) < 4.78 is 5.66. The molecule has 2 aromatic carbocycles. The molecular formula is C19H16IN3O5. The molecule has 1 fully saturated rings. The van der Waals surface area contributed by atoms with E-state index in [-0.39, 0.29) is 11.4 Å². The number of hydrogen-bond donors (Lipinski definition) is 3. The molecule has 0 unspecified atom stereocenters. The van der Waals surface area contributed by atoms with Crippen molar-refractivity contribution in [2.75, 3.05) is 19.0 Å². The number of phenolic OH excluding ortho intramolecular Hbond substituents is 1. The zero-order chi connectivity index (χ0) is 20.3. The summed E-state index contributed by atoms with van der Waals surface area (Å²) in [6, 6.07) is 10.8. The second kappa shape index (κ2) is 8.30. The number of hydrogen-bond acceptors (Lipinski definition) is 5. The Morgan fingerprint density at radius 3 is 2.61 bits per heavy atom. The molecule has 3 rings (SSSR count). The van der Waals surface area contributed by atoms with E-state index >= 15 is 0 Å². The van der Waals surface area contributed by atoms with E-state index < -0.39 is 24.4 Å². The zero-order valence-corrected chi connectivity index (χ0v) is 16.9. The maximum Gasteiger partial charge on any atom is 0.329 e. The van der Waals surface area contributed by atoms with Crippen LogP contribution >= 0.6 is 22.6 Å². The SMILES string of the molecule is COc1ccc(NC(=O)CN2C(=O)N/C(=C\c3ccc(O)c(I)c3)C2=O)cc1. The summed E-state index contributed by atoms with van der Waals surface area (Å²) in [6.45, 7) is -0.416. The summed E-state index contributed by atoms with van der Waals surface area (Å²) in [7, 11) is 1.54. The van der Waals surface area contributed by atoms with E-state index in [2.05, 4.69) is 10.6 Å². The van der Waals surface area contributed by atoms with Gasteiger partial charge in [-0.25, -0.2) is 9.69 Å². The largest absolute Gasteiger partial charge is 0.507 e. The third-order valence-corrected chi connectivity index (χ3v) is 4.78. The highest BCUT2D eigenvalue weighted by atomic mass is 127. The number of ether oxygens (including phenoxy) is 1. The Labute approximate surface area is 174 Å². The normalized spacial score (nSPS) is 14.9. The van der Waals surface area contributed by atoms with Gasteiger partial charge in [-0.2, -0.15) is 0 Å². The van der Waals surface area contributed by atoms with Crippen LogP contribution in [-0.4, -0.2) is 41.5 Å². The smallest absolute Gasteiger partial charge is 0.329 e. The molecule has 1 saturated heterocycles. The average molecular weight is 493 g/mol. The van der Waals surface area contributed by atoms with Crippen LogP contribution < -0.4 is 15.4 Å². The monoisotopic (exact) mass is 493 g/mol. The average Bonchev–Trinajstić information content (AvgIpc) is 2.92. The Balaban J connectivity index is 1.68. The van der Waals surface area contributed by atoms with Gasteiger partial charge in [-0.15, -0.1) is 0 Å². The van der Waals surface area contributed by atoms with E-state index in [4.69, 9.17) is 4.74 Å². The third kappa shape index (κ3) is 4.42. The molecule has 3 N–H and O–H groups in total. The zero-order valence-electron chi connectivity index (χ0n) is 14.7. The van der Waals surface area contributed by atoms with E-state index in [0.717, 1.165) is 4.90 Å². The Morgan fingerprint density at radius 1 is 1.25 bits per heavy atom. The van der Waals surface area contributed by atoms with Gasteiger partial charge >= 0.3 is 6.03 Å². The van der Waals surface area contributed by atoms with E-state index in [0.29, 0.717) is 20.6 Å². The van der Waals surface area contributed by atoms with Crippen molar-refractivity contribution in [1.29, 1.82) is 0 Å². The maximum atomic E-state index is 12.5. The highest BCUT2D eigenvalue weighted by Gasteiger charge is 2.34. The van der Waals surface area contributed by atoms with Gasteiger partial charge in [-0.3, -0.25) is 9.59 Å². The van der Waals surface area contributed by atoms with Gasteiger partial charge in [0.05, 0.1) is 10.7 Å². The summed E-state index contributed by atoms with van der Waals surface area (Å²) in [6.07, 6.45) is 1.49. The molecule has 1 heterocycles. The van der Waals surface area contributed by atoms with Gasteiger partial charge in [0.1, 0.15) is 23.7 Å². The highest BCUT2D eigenvalue weighted by molar-refractivity contribution is 14.1. The number of carbonyl (C=O) groups excluding carboxylic acids is 3. The van der Waals surface area contributed by atoms with Gasteiger partial charge in [-0.05, 0) is 70.6 Å². The quantitative estimate of drug-likeness (QED) is 0.337. The molecule has 0 bridgehead atoms. The number of phenols is 1. The van der Waals surface area contributed by atoms with Crippen molar-refractivity contribution >= 4 is 52.2 Å². The van der Waals surface area contributed by atoms with Crippen LogP contribution in [0.15, 0.2) is 48.2 Å². The summed E-state index contributed by atoms with van der Waals surface area (Å²) in [5.74, 6) is -0.334. The van der Waals surface area contributed by atoms with Gasteiger partial charge in [0.2, 0.25) is 5.91 Å². The van der Waals surface area contributed by atoms with Crippen molar-refractivity contribution in [3.05, 3.63) is 57.3 Å². The van der Waals surface area contributed by atoms with Crippen LogP contribution in [0.5, 0.6) is 11.5 Å². The van der Waals surface area contributed by atoms with E-state index in [9.17, 15) is 19.5 Å². The molecule has 0 aliphatic carbocycles. The van der Waals surface area contributed by atoms with Crippen molar-refractivity contribution in [1.82, 2.24) is 10.2 Å². The molecule has 0 aromatic heterocycles. The van der Waals surface area contributed by atoms with Crippen molar-refractivity contribution in [3.8, 4) is 11.5 Å². The molecule has 1 aliphatic rings. The molecular weight excluding hydrogens is 477 g/mol. The van der Waals surface area contributed by atoms with Gasteiger partial charge in [0.15, 0.2) is 0 Å². The van der Waals surface area contributed by atoms with Gasteiger partial charge in [0, 0.05) is 5.69 Å². The van der Waals surface area contributed by atoms with Gasteiger partial charge in [0.25, 0.3) is 5.91 Å². The molecule has 0 radical (unpaired) electrons. The number of anilines is 1. The van der Waals surface area contributed by atoms with Crippen LogP contribution in [0.25, 0.3) is 6.08 Å². The van der Waals surface area contributed by atoms with Crippen molar-refractivity contribution in [2.45, 2.75) is 0 Å². The first-order valence-electron chi connectivity index (χ1n) is 8.14. The number of nitrogens with zero attached hydrogens (tertiary/aromatic N) is 1. The standard InChI is InChI=1S/C19H16IN3O5/c1-28-13-5-3-12(4-6-13)21-17(25)10-23-18(26)15(22-19(23)27)9-11-2-7-16(24)14(20)8-11/h2-9,24H,10H2,1H3,(H,21,25)(H,22,27)/b15-9-. The summed E-state index contributed by atoms with van der Waals surface area (Å²) >= 11 is 1.96. The van der Waals surface area contributed by atoms with Crippen LogP contribution in [-0.2, 0) is 9.59 Å². The first-order chi connectivity index (χ1) is 13.4. The first-order valence-corrected chi connectivity index (χ1v) is 9.22. The molecule has 28 heavy (non-hydrogen) atoms. The molecule has 0 spiro atoms. The maximum absolute atomic E-state index is 12.5. The minimum atomic E-state index is -0.672. The summed E-state index contributed by atoms with van der Waals surface area (Å²) in [5.41, 5.74) is 1.21. The van der Waals surface area contributed by atoms with Crippen LogP contribution in [0.2, 0.25) is 0 Å². The molecule has 1 aliphatic heterocycles. The number of halogens is 1. The lowest BCUT2D eigenvalue weighted by Crippen LogP contribution is -2.38. The number of carbonyl (C=O) groups is 3. The lowest BCUT2D eigenvalue weighted by molar-refractivity contribution is -0.127. The fraction of sp³-hybridized carbons (Fsp3) is 0.105. The van der Waals surface area contributed by atoms with E-state index in [1.807, 2.05) is 22.6 Å². The third-order valence-electron chi connectivity index (χ3n) is 3.92. The van der Waals surface area contributed by atoms with Crippen molar-refractivity contribution in [2.24, 2.45) is 0 Å². The Kier molecular flexibility index (Phi) is 5.83. The number of urea groups is 1. The second-order valence-corrected chi connectivity index (χ2v) is 7.03. The minimum absolute atomic E-state index is 0.0590. The fourth-order valence-electron chi connectivity index (χ4n) is 2.51. The minimum Gasteiger partial charge on any atom is -0.507 e. The number of imide groups is 1. The highest BCUT2D eigenvalue weighted by Crippen LogP contribution is 2.22. The number of rotatable bonds is 5. The Bertz CT molecular complexity index is 972. The molecule has 0 atom stereocenters. The van der Waals surface area contributed by atoms with Crippen LogP contribution in [0.1, 0.15) is 5.56 Å². The van der Waals surface area contributed by atoms with Gasteiger partial charge < -0.3 is 20.5 Å². The predicted molar refractivity (Wildman–Crippen MR) is 111 cm³/mol. The molecule has 0 saturated carbocycles. The molecule has 8 nitrogen and oxygen atoms in total. The number of aromatic hydroxyl groups is 1. The predicted octanol–water partition coefficient (Wildman–Crippen LogP) is 2.54. The van der Waals surface area contributed by atoms with Crippen molar-refractivity contribution < 1.29 is 24.2 Å². The van der Waals surface area contributed by atoms with E-state index in [1.165, 1.54) is 19.3 Å². The first kappa shape index (κ1) is 19.7. The summed E-state index contributed by atoms with van der Waals surface area (Å²) in [4.78, 5) is 37.6. The van der Waals surface area contributed by atoms with Crippen LogP contribution in [0.4, 0.5) is 10.5 Å². The number of nitrogens with one attached hydrogen (secondary N) is 2. The topological polar surface area (TPSA) is 108 Å². The van der Waals surface area contributed by atoms with Gasteiger partial charge in [-0.1, -0.05) is 6.07 Å². The Morgan fingerprint density at radius 2 is 1.96 bits per heavy atom. The Hall–Kier alpha value is -3.08. The second-order valence-electron chi connectivity index (χ2n) is 5.87. The van der Waals surface area contributed by atoms with Crippen LogP contribution in [0.3, 0.4) is 0 Å². The lowest BCUT2D eigenvalue weighted by Gasteiger charge is -2.12. The molecule has 144 valence electrons. The fourth-order valence-corrected chi connectivity index (χ4v) is 3.05. The molecule has 9 heteroatoms. The molecule has 4 amide bonds. The van der Waals surface area contributed by atoms with Crippen molar-refractivity contribution in [3.63, 3.8) is 0 Å². The molecule has 2 aromatic rings. The number of benzene rings is 2. The van der Waals surface area contributed by atoms with E-state index in [1.54, 1.807) is 36.4 Å².